The van der Waals surface area contributed by atoms with Crippen molar-refractivity contribution in [2.75, 3.05) is 25.5 Å². The van der Waals surface area contributed by atoms with E-state index in [1.54, 1.807) is 42.5 Å². The van der Waals surface area contributed by atoms with Crippen LogP contribution in [0.3, 0.4) is 0 Å². The van der Waals surface area contributed by atoms with Gasteiger partial charge in [0.05, 0.1) is 18.1 Å². The standard InChI is InChI=1S/C23H25Cl2N3O4S/c24-20-4-1-5-21(25)19(20)14-33-15-23(30)28-27-11-16-6-8-17(9-7-16)32-13-22(29)26-12-18-3-2-10-31-18/h1,4-9,11,18H,2-3,10,12-15H2,(H,26,29)(H,28,30)/b27-11-/t18-/m0/s1. The second-order valence-corrected chi connectivity index (χ2v) is 9.08. The predicted molar refractivity (Wildman–Crippen MR) is 132 cm³/mol. The first kappa shape index (κ1) is 25.4. The molecule has 2 amide bonds. The Balaban J connectivity index is 1.32. The van der Waals surface area contributed by atoms with Gasteiger partial charge in [0.25, 0.3) is 5.91 Å². The zero-order chi connectivity index (χ0) is 23.5. The van der Waals surface area contributed by atoms with Gasteiger partial charge in [0.1, 0.15) is 5.75 Å². The van der Waals surface area contributed by atoms with Crippen LogP contribution in [0.15, 0.2) is 47.6 Å². The van der Waals surface area contributed by atoms with Crippen molar-refractivity contribution in [2.24, 2.45) is 5.10 Å². The van der Waals surface area contributed by atoms with Crippen LogP contribution in [0.5, 0.6) is 5.75 Å². The van der Waals surface area contributed by atoms with E-state index in [0.717, 1.165) is 30.6 Å². The largest absolute Gasteiger partial charge is 0.484 e. The van der Waals surface area contributed by atoms with E-state index in [1.807, 2.05) is 0 Å². The van der Waals surface area contributed by atoms with Crippen LogP contribution in [0.4, 0.5) is 0 Å². The van der Waals surface area contributed by atoms with E-state index in [4.69, 9.17) is 32.7 Å². The monoisotopic (exact) mass is 509 g/mol. The van der Waals surface area contributed by atoms with Crippen molar-refractivity contribution in [3.05, 3.63) is 63.6 Å². The number of hydrogen-bond acceptors (Lipinski definition) is 6. The van der Waals surface area contributed by atoms with Gasteiger partial charge in [-0.2, -0.15) is 5.10 Å². The molecule has 1 fully saturated rings. The Bertz CT molecular complexity index is 946. The fourth-order valence-corrected chi connectivity index (χ4v) is 4.57. The van der Waals surface area contributed by atoms with E-state index in [9.17, 15) is 9.59 Å². The highest BCUT2D eigenvalue weighted by atomic mass is 35.5. The van der Waals surface area contributed by atoms with Crippen LogP contribution in [-0.2, 0) is 20.1 Å². The molecule has 0 radical (unpaired) electrons. The Labute approximate surface area is 207 Å². The number of amides is 2. The van der Waals surface area contributed by atoms with Crippen molar-refractivity contribution in [2.45, 2.75) is 24.7 Å². The maximum absolute atomic E-state index is 12.0. The van der Waals surface area contributed by atoms with Gasteiger partial charge in [-0.05, 0) is 60.4 Å². The third kappa shape index (κ3) is 8.89. The second kappa shape index (κ2) is 13.4. The molecule has 0 unspecified atom stereocenters. The van der Waals surface area contributed by atoms with E-state index >= 15 is 0 Å². The Morgan fingerprint density at radius 1 is 1.15 bits per heavy atom. The minimum atomic E-state index is -0.228. The lowest BCUT2D eigenvalue weighted by atomic mass is 10.2. The van der Waals surface area contributed by atoms with E-state index in [2.05, 4.69) is 15.8 Å². The summed E-state index contributed by atoms with van der Waals surface area (Å²) in [6.45, 7) is 1.21. The van der Waals surface area contributed by atoms with Gasteiger partial charge in [-0.3, -0.25) is 9.59 Å². The predicted octanol–water partition coefficient (Wildman–Crippen LogP) is 4.05. The second-order valence-electron chi connectivity index (χ2n) is 7.28. The molecule has 1 heterocycles. The van der Waals surface area contributed by atoms with E-state index in [1.165, 1.54) is 18.0 Å². The van der Waals surface area contributed by atoms with Crippen molar-refractivity contribution in [3.63, 3.8) is 0 Å². The van der Waals surface area contributed by atoms with E-state index in [-0.39, 0.29) is 30.3 Å². The maximum Gasteiger partial charge on any atom is 0.258 e. The first-order valence-corrected chi connectivity index (χ1v) is 12.4. The lowest BCUT2D eigenvalue weighted by molar-refractivity contribution is -0.123. The highest BCUT2D eigenvalue weighted by Crippen LogP contribution is 2.28. The summed E-state index contributed by atoms with van der Waals surface area (Å²) in [5.41, 5.74) is 4.08. The number of nitrogens with zero attached hydrogens (tertiary/aromatic N) is 1. The topological polar surface area (TPSA) is 89.0 Å². The zero-order valence-electron chi connectivity index (χ0n) is 17.9. The number of hydrazone groups is 1. The molecule has 3 rings (SSSR count). The third-order valence-electron chi connectivity index (χ3n) is 4.75. The lowest BCUT2D eigenvalue weighted by Gasteiger charge is -2.11. The fourth-order valence-electron chi connectivity index (χ4n) is 3.01. The lowest BCUT2D eigenvalue weighted by Crippen LogP contribution is -2.35. The maximum atomic E-state index is 12.0. The zero-order valence-corrected chi connectivity index (χ0v) is 20.2. The van der Waals surface area contributed by atoms with Crippen LogP contribution in [-0.4, -0.2) is 49.6 Å². The SMILES string of the molecule is O=C(COc1ccc(/C=N\NC(=O)CSCc2c(Cl)cccc2Cl)cc1)NC[C@@H]1CCCO1. The summed E-state index contributed by atoms with van der Waals surface area (Å²) in [4.78, 5) is 23.8. The first-order chi connectivity index (χ1) is 16.0. The van der Waals surface area contributed by atoms with Crippen LogP contribution in [0, 0.1) is 0 Å². The molecule has 1 aliphatic rings. The minimum Gasteiger partial charge on any atom is -0.484 e. The van der Waals surface area contributed by atoms with Crippen LogP contribution in [0.1, 0.15) is 24.0 Å². The van der Waals surface area contributed by atoms with Crippen molar-refractivity contribution in [3.8, 4) is 5.75 Å². The van der Waals surface area contributed by atoms with Gasteiger partial charge in [0.15, 0.2) is 6.61 Å². The first-order valence-electron chi connectivity index (χ1n) is 10.4. The van der Waals surface area contributed by atoms with Gasteiger partial charge in [-0.1, -0.05) is 29.3 Å². The van der Waals surface area contributed by atoms with Crippen LogP contribution >= 0.6 is 35.0 Å². The number of rotatable bonds is 11. The number of carbonyl (C=O) groups is 2. The average Bonchev–Trinajstić information content (AvgIpc) is 3.33. The average molecular weight is 510 g/mol. The van der Waals surface area contributed by atoms with Crippen molar-refractivity contribution < 1.29 is 19.1 Å². The molecular formula is C23H25Cl2N3O4S. The number of thioether (sulfide) groups is 1. The molecule has 1 atom stereocenters. The van der Waals surface area contributed by atoms with E-state index in [0.29, 0.717) is 28.1 Å². The van der Waals surface area contributed by atoms with Crippen molar-refractivity contribution in [1.29, 1.82) is 0 Å². The summed E-state index contributed by atoms with van der Waals surface area (Å²) in [7, 11) is 0. The minimum absolute atomic E-state index is 0.0622. The number of benzene rings is 2. The fraction of sp³-hybridized carbons (Fsp3) is 0.348. The molecule has 176 valence electrons. The number of halogens is 2. The van der Waals surface area contributed by atoms with Crippen LogP contribution < -0.4 is 15.5 Å². The Morgan fingerprint density at radius 2 is 1.91 bits per heavy atom. The van der Waals surface area contributed by atoms with Gasteiger partial charge in [-0.15, -0.1) is 11.8 Å². The van der Waals surface area contributed by atoms with E-state index < -0.39 is 0 Å². The summed E-state index contributed by atoms with van der Waals surface area (Å²) in [5.74, 6) is 0.907. The quantitative estimate of drug-likeness (QED) is 0.352. The van der Waals surface area contributed by atoms with Gasteiger partial charge in [0.2, 0.25) is 5.91 Å². The van der Waals surface area contributed by atoms with Gasteiger partial charge in [-0.25, -0.2) is 5.43 Å². The van der Waals surface area contributed by atoms with Crippen molar-refractivity contribution >= 4 is 53.0 Å². The Kier molecular flexibility index (Phi) is 10.3. The van der Waals surface area contributed by atoms with Crippen LogP contribution in [0.2, 0.25) is 10.0 Å². The number of nitrogens with one attached hydrogen (secondary N) is 2. The van der Waals surface area contributed by atoms with Gasteiger partial charge >= 0.3 is 0 Å². The molecular weight excluding hydrogens is 485 g/mol. The van der Waals surface area contributed by atoms with Gasteiger partial charge in [0, 0.05) is 28.9 Å². The molecule has 2 N–H and O–H groups in total. The van der Waals surface area contributed by atoms with Crippen molar-refractivity contribution in [1.82, 2.24) is 10.7 Å². The molecule has 7 nitrogen and oxygen atoms in total. The molecule has 2 aromatic rings. The molecule has 1 saturated heterocycles. The molecule has 33 heavy (non-hydrogen) atoms. The molecule has 0 aromatic heterocycles. The highest BCUT2D eigenvalue weighted by Gasteiger charge is 2.16. The molecule has 0 bridgehead atoms. The molecule has 0 spiro atoms. The summed E-state index contributed by atoms with van der Waals surface area (Å²) in [6, 6.07) is 12.4. The highest BCUT2D eigenvalue weighted by molar-refractivity contribution is 7.99. The molecule has 0 aliphatic carbocycles. The molecule has 10 heteroatoms. The Hall–Kier alpha value is -2.26. The normalized spacial score (nSPS) is 15.5. The smallest absolute Gasteiger partial charge is 0.258 e. The number of hydrogen-bond donors (Lipinski definition) is 2. The number of carbonyl (C=O) groups excluding carboxylic acids is 2. The third-order valence-corrected chi connectivity index (χ3v) is 6.41. The Morgan fingerprint density at radius 3 is 2.61 bits per heavy atom. The van der Waals surface area contributed by atoms with Gasteiger partial charge < -0.3 is 14.8 Å². The molecule has 2 aromatic carbocycles. The molecule has 1 aliphatic heterocycles. The van der Waals surface area contributed by atoms with Crippen LogP contribution in [0.25, 0.3) is 0 Å². The summed E-state index contributed by atoms with van der Waals surface area (Å²) in [6.07, 6.45) is 3.65. The molecule has 0 saturated carbocycles. The summed E-state index contributed by atoms with van der Waals surface area (Å²) < 4.78 is 11.0. The summed E-state index contributed by atoms with van der Waals surface area (Å²) >= 11 is 13.6. The number of ether oxygens (including phenoxy) is 2. The summed E-state index contributed by atoms with van der Waals surface area (Å²) in [5, 5.41) is 7.94.